The Hall–Kier alpha value is -1.72. The second-order valence-corrected chi connectivity index (χ2v) is 5.68. The summed E-state index contributed by atoms with van der Waals surface area (Å²) in [5, 5.41) is 0. The summed E-state index contributed by atoms with van der Waals surface area (Å²) in [6.07, 6.45) is 2.17. The monoisotopic (exact) mass is 285 g/mol. The Balaban J connectivity index is 2.86. The molecule has 0 aliphatic carbocycles. The predicted octanol–water partition coefficient (Wildman–Crippen LogP) is 2.09. The molecule has 0 saturated carbocycles. The number of carbonyl (C=O) groups is 2. The Morgan fingerprint density at radius 1 is 1.30 bits per heavy atom. The van der Waals surface area contributed by atoms with E-state index in [0.717, 1.165) is 5.57 Å². The van der Waals surface area contributed by atoms with Gasteiger partial charge in [-0.25, -0.2) is 9.59 Å². The second-order valence-electron chi connectivity index (χ2n) is 5.68. The molecule has 0 N–H and O–H groups in total. The number of ether oxygens (including phenoxy) is 3. The van der Waals surface area contributed by atoms with E-state index in [1.807, 2.05) is 0 Å². The molecule has 1 atom stereocenters. The minimum absolute atomic E-state index is 0.403. The Morgan fingerprint density at radius 2 is 1.95 bits per heavy atom. The van der Waals surface area contributed by atoms with Crippen LogP contribution >= 0.6 is 0 Å². The van der Waals surface area contributed by atoms with Gasteiger partial charge in [-0.2, -0.15) is 0 Å². The lowest BCUT2D eigenvalue weighted by molar-refractivity contribution is -0.147. The van der Waals surface area contributed by atoms with Crippen LogP contribution in [0.3, 0.4) is 0 Å². The Labute approximate surface area is 119 Å². The summed E-state index contributed by atoms with van der Waals surface area (Å²) in [6.45, 7) is 5.78. The van der Waals surface area contributed by atoms with Crippen LogP contribution in [0.5, 0.6) is 0 Å². The van der Waals surface area contributed by atoms with Crippen LogP contribution < -0.4 is 0 Å². The molecule has 0 aromatic carbocycles. The van der Waals surface area contributed by atoms with Crippen molar-refractivity contribution in [2.24, 2.45) is 0 Å². The number of methoxy groups -OCH3 is 2. The molecule has 1 heterocycles. The van der Waals surface area contributed by atoms with Crippen molar-refractivity contribution in [1.82, 2.24) is 4.90 Å². The normalized spacial score (nSPS) is 21.6. The first-order valence-electron chi connectivity index (χ1n) is 6.56. The van der Waals surface area contributed by atoms with Crippen LogP contribution in [0.25, 0.3) is 0 Å². The zero-order valence-electron chi connectivity index (χ0n) is 12.8. The molecule has 0 bridgehead atoms. The third-order valence-electron chi connectivity index (χ3n) is 2.89. The van der Waals surface area contributed by atoms with E-state index >= 15 is 0 Å². The highest BCUT2D eigenvalue weighted by Crippen LogP contribution is 2.25. The molecule has 0 aromatic rings. The van der Waals surface area contributed by atoms with Gasteiger partial charge in [0.1, 0.15) is 11.6 Å². The molecule has 20 heavy (non-hydrogen) atoms. The van der Waals surface area contributed by atoms with Crippen LogP contribution in [-0.2, 0) is 19.0 Å². The third-order valence-corrected chi connectivity index (χ3v) is 2.89. The summed E-state index contributed by atoms with van der Waals surface area (Å²) < 4.78 is 15.1. The fourth-order valence-corrected chi connectivity index (χ4v) is 2.04. The van der Waals surface area contributed by atoms with Gasteiger partial charge in [-0.1, -0.05) is 0 Å². The smallest absolute Gasteiger partial charge is 0.411 e. The Morgan fingerprint density at radius 3 is 2.45 bits per heavy atom. The number of amides is 1. The van der Waals surface area contributed by atoms with Crippen molar-refractivity contribution < 1.29 is 23.8 Å². The van der Waals surface area contributed by atoms with Gasteiger partial charge in [-0.3, -0.25) is 4.90 Å². The number of hydrogen-bond acceptors (Lipinski definition) is 5. The lowest BCUT2D eigenvalue weighted by Crippen LogP contribution is -2.50. The van der Waals surface area contributed by atoms with E-state index in [2.05, 4.69) is 0 Å². The van der Waals surface area contributed by atoms with Crippen LogP contribution in [0.15, 0.2) is 11.8 Å². The van der Waals surface area contributed by atoms with Gasteiger partial charge in [0.15, 0.2) is 0 Å². The maximum atomic E-state index is 12.2. The van der Waals surface area contributed by atoms with Crippen LogP contribution in [0, 0.1) is 0 Å². The summed E-state index contributed by atoms with van der Waals surface area (Å²) >= 11 is 0. The SMILES string of the molecule is CO/C=C1\CCN(C(=O)OC(C)(C)C)C(C(=O)OC)C1. The molecule has 6 heteroatoms. The summed E-state index contributed by atoms with van der Waals surface area (Å²) in [5.41, 5.74) is 0.378. The minimum Gasteiger partial charge on any atom is -0.504 e. The van der Waals surface area contributed by atoms with Crippen molar-refractivity contribution in [1.29, 1.82) is 0 Å². The average molecular weight is 285 g/mol. The Kier molecular flexibility index (Phi) is 5.42. The van der Waals surface area contributed by atoms with E-state index in [9.17, 15) is 9.59 Å². The maximum absolute atomic E-state index is 12.2. The number of rotatable bonds is 2. The molecule has 1 aliphatic rings. The van der Waals surface area contributed by atoms with Crippen molar-refractivity contribution in [3.63, 3.8) is 0 Å². The molecule has 6 nitrogen and oxygen atoms in total. The van der Waals surface area contributed by atoms with Gasteiger partial charge in [0.25, 0.3) is 0 Å². The lowest BCUT2D eigenvalue weighted by atomic mass is 9.98. The Bertz CT molecular complexity index is 397. The highest BCUT2D eigenvalue weighted by molar-refractivity contribution is 5.82. The van der Waals surface area contributed by atoms with Crippen molar-refractivity contribution in [2.45, 2.75) is 45.3 Å². The van der Waals surface area contributed by atoms with Gasteiger partial charge in [0.05, 0.1) is 20.5 Å². The minimum atomic E-state index is -0.662. The zero-order chi connectivity index (χ0) is 15.3. The van der Waals surface area contributed by atoms with Crippen molar-refractivity contribution in [2.75, 3.05) is 20.8 Å². The molecule has 0 aromatic heterocycles. The van der Waals surface area contributed by atoms with Gasteiger partial charge >= 0.3 is 12.1 Å². The number of nitrogens with zero attached hydrogens (tertiary/aromatic N) is 1. The number of likely N-dealkylation sites (tertiary alicyclic amines) is 1. The van der Waals surface area contributed by atoms with Gasteiger partial charge in [-0.15, -0.1) is 0 Å². The van der Waals surface area contributed by atoms with Crippen LogP contribution in [-0.4, -0.2) is 49.4 Å². The average Bonchev–Trinajstić information content (AvgIpc) is 2.36. The molecular formula is C14H23NO5. The molecule has 114 valence electrons. The zero-order valence-corrected chi connectivity index (χ0v) is 12.8. The van der Waals surface area contributed by atoms with Crippen LogP contribution in [0.4, 0.5) is 4.79 Å². The largest absolute Gasteiger partial charge is 0.504 e. The number of hydrogen-bond donors (Lipinski definition) is 0. The number of carbonyl (C=O) groups excluding carboxylic acids is 2. The topological polar surface area (TPSA) is 65.1 Å². The highest BCUT2D eigenvalue weighted by atomic mass is 16.6. The fraction of sp³-hybridized carbons (Fsp3) is 0.714. The van der Waals surface area contributed by atoms with E-state index in [0.29, 0.717) is 19.4 Å². The lowest BCUT2D eigenvalue weighted by Gasteiger charge is -2.35. The summed E-state index contributed by atoms with van der Waals surface area (Å²) in [6, 6.07) is -0.662. The fourth-order valence-electron chi connectivity index (χ4n) is 2.04. The quantitative estimate of drug-likeness (QED) is 0.574. The van der Waals surface area contributed by atoms with Crippen molar-refractivity contribution in [3.8, 4) is 0 Å². The summed E-state index contributed by atoms with van der Waals surface area (Å²) in [5.74, 6) is -0.447. The standard InChI is InChI=1S/C14H23NO5/c1-14(2,3)20-13(17)15-7-6-10(9-18-4)8-11(15)12(16)19-5/h9,11H,6-8H2,1-5H3/b10-9+. The summed E-state index contributed by atoms with van der Waals surface area (Å²) in [4.78, 5) is 25.4. The number of esters is 1. The molecule has 0 radical (unpaired) electrons. The van der Waals surface area contributed by atoms with E-state index in [4.69, 9.17) is 14.2 Å². The molecule has 1 rings (SSSR count). The second kappa shape index (κ2) is 6.63. The predicted molar refractivity (Wildman–Crippen MR) is 73.1 cm³/mol. The van der Waals surface area contributed by atoms with Gasteiger partial charge < -0.3 is 14.2 Å². The van der Waals surface area contributed by atoms with Crippen LogP contribution in [0.1, 0.15) is 33.6 Å². The third kappa shape index (κ3) is 4.43. The summed E-state index contributed by atoms with van der Waals surface area (Å²) in [7, 11) is 2.87. The molecule has 0 spiro atoms. The van der Waals surface area contributed by atoms with Crippen LogP contribution in [0.2, 0.25) is 0 Å². The number of piperidine rings is 1. The van der Waals surface area contributed by atoms with E-state index in [1.165, 1.54) is 12.0 Å². The van der Waals surface area contributed by atoms with Gasteiger partial charge in [0.2, 0.25) is 0 Å². The van der Waals surface area contributed by atoms with E-state index in [1.54, 1.807) is 34.1 Å². The van der Waals surface area contributed by atoms with Gasteiger partial charge in [-0.05, 0) is 32.8 Å². The molecule has 1 unspecified atom stereocenters. The molecule has 1 aliphatic heterocycles. The highest BCUT2D eigenvalue weighted by Gasteiger charge is 2.37. The van der Waals surface area contributed by atoms with Gasteiger partial charge in [0, 0.05) is 13.0 Å². The van der Waals surface area contributed by atoms with Crippen molar-refractivity contribution >= 4 is 12.1 Å². The molecule has 1 saturated heterocycles. The first-order valence-corrected chi connectivity index (χ1v) is 6.56. The maximum Gasteiger partial charge on any atom is 0.411 e. The first-order chi connectivity index (χ1) is 9.28. The molecule has 1 amide bonds. The van der Waals surface area contributed by atoms with E-state index in [-0.39, 0.29) is 0 Å². The molecule has 1 fully saturated rings. The van der Waals surface area contributed by atoms with Crippen molar-refractivity contribution in [3.05, 3.63) is 11.8 Å². The first kappa shape index (κ1) is 16.3. The van der Waals surface area contributed by atoms with E-state index < -0.39 is 23.7 Å². The molecular weight excluding hydrogens is 262 g/mol.